The Labute approximate surface area is 86.1 Å². The lowest BCUT2D eigenvalue weighted by Gasteiger charge is -2.12. The molecular formula is C12H19NO. The summed E-state index contributed by atoms with van der Waals surface area (Å²) in [6, 6.07) is 6.48. The number of hydrogen-bond donors (Lipinski definition) is 1. The van der Waals surface area contributed by atoms with Crippen LogP contribution in [0.25, 0.3) is 0 Å². The summed E-state index contributed by atoms with van der Waals surface area (Å²) >= 11 is 0. The van der Waals surface area contributed by atoms with Gasteiger partial charge in [0.15, 0.2) is 0 Å². The highest BCUT2D eigenvalue weighted by Gasteiger charge is 2.06. The van der Waals surface area contributed by atoms with Gasteiger partial charge in [0.2, 0.25) is 0 Å². The topological polar surface area (TPSA) is 35.2 Å². The Kier molecular flexibility index (Phi) is 4.11. The van der Waals surface area contributed by atoms with Crippen LogP contribution in [0.3, 0.4) is 0 Å². The van der Waals surface area contributed by atoms with Crippen molar-refractivity contribution in [1.82, 2.24) is 0 Å². The van der Waals surface area contributed by atoms with E-state index < -0.39 is 0 Å². The fraction of sp³-hybridized carbons (Fsp3) is 0.500. The van der Waals surface area contributed by atoms with E-state index in [1.165, 1.54) is 16.7 Å². The normalized spacial score (nSPS) is 12.9. The van der Waals surface area contributed by atoms with Gasteiger partial charge in [0.1, 0.15) is 0 Å². The van der Waals surface area contributed by atoms with Crippen LogP contribution in [0.1, 0.15) is 29.2 Å². The third-order valence-electron chi connectivity index (χ3n) is 2.59. The lowest BCUT2D eigenvalue weighted by Crippen LogP contribution is -2.12. The fourth-order valence-electron chi connectivity index (χ4n) is 1.41. The number of nitrogens with two attached hydrogens (primary N) is 1. The molecule has 1 unspecified atom stereocenters. The van der Waals surface area contributed by atoms with E-state index in [1.54, 1.807) is 7.11 Å². The van der Waals surface area contributed by atoms with Crippen molar-refractivity contribution >= 4 is 0 Å². The van der Waals surface area contributed by atoms with Gasteiger partial charge in [-0.1, -0.05) is 18.2 Å². The van der Waals surface area contributed by atoms with Crippen molar-refractivity contribution in [2.45, 2.75) is 26.3 Å². The molecule has 0 aromatic heterocycles. The van der Waals surface area contributed by atoms with Crippen molar-refractivity contribution in [3.05, 3.63) is 34.9 Å². The zero-order chi connectivity index (χ0) is 10.6. The molecular weight excluding hydrogens is 174 g/mol. The van der Waals surface area contributed by atoms with Crippen LogP contribution in [0, 0.1) is 13.8 Å². The van der Waals surface area contributed by atoms with E-state index in [0.29, 0.717) is 6.61 Å². The second kappa shape index (κ2) is 5.13. The van der Waals surface area contributed by atoms with Gasteiger partial charge in [0.05, 0.1) is 0 Å². The van der Waals surface area contributed by atoms with Crippen LogP contribution in [-0.2, 0) is 4.74 Å². The van der Waals surface area contributed by atoms with Gasteiger partial charge in [-0.15, -0.1) is 0 Å². The first-order valence-corrected chi connectivity index (χ1v) is 4.97. The maximum Gasteiger partial charge on any atom is 0.0480 e. The highest BCUT2D eigenvalue weighted by atomic mass is 16.5. The standard InChI is InChI=1S/C12H19NO/c1-9-4-5-11(8-10(9)2)12(13)6-7-14-3/h4-5,8,12H,6-7,13H2,1-3H3. The van der Waals surface area contributed by atoms with Gasteiger partial charge in [-0.25, -0.2) is 0 Å². The number of methoxy groups -OCH3 is 1. The minimum absolute atomic E-state index is 0.0919. The zero-order valence-electron chi connectivity index (χ0n) is 9.21. The van der Waals surface area contributed by atoms with E-state index in [9.17, 15) is 0 Å². The molecule has 0 aliphatic heterocycles. The molecule has 1 atom stereocenters. The molecule has 2 nitrogen and oxygen atoms in total. The second-order valence-electron chi connectivity index (χ2n) is 3.73. The third-order valence-corrected chi connectivity index (χ3v) is 2.59. The SMILES string of the molecule is COCCC(N)c1ccc(C)c(C)c1. The van der Waals surface area contributed by atoms with Crippen molar-refractivity contribution in [2.24, 2.45) is 5.73 Å². The second-order valence-corrected chi connectivity index (χ2v) is 3.73. The number of rotatable bonds is 4. The van der Waals surface area contributed by atoms with Crippen molar-refractivity contribution in [3.8, 4) is 0 Å². The molecule has 1 aromatic rings. The average molecular weight is 193 g/mol. The summed E-state index contributed by atoms with van der Waals surface area (Å²) in [5, 5.41) is 0. The predicted molar refractivity (Wildman–Crippen MR) is 59.3 cm³/mol. The summed E-state index contributed by atoms with van der Waals surface area (Å²) in [7, 11) is 1.70. The molecule has 2 heteroatoms. The van der Waals surface area contributed by atoms with E-state index >= 15 is 0 Å². The molecule has 1 aromatic carbocycles. The Bertz CT molecular complexity index is 296. The summed E-state index contributed by atoms with van der Waals surface area (Å²) in [6.45, 7) is 4.94. The summed E-state index contributed by atoms with van der Waals surface area (Å²) in [5.41, 5.74) is 9.83. The van der Waals surface area contributed by atoms with Crippen LogP contribution in [0.5, 0.6) is 0 Å². The molecule has 0 aliphatic carbocycles. The maximum absolute atomic E-state index is 6.02. The van der Waals surface area contributed by atoms with Crippen molar-refractivity contribution < 1.29 is 4.74 Å². The molecule has 0 spiro atoms. The van der Waals surface area contributed by atoms with Crippen molar-refractivity contribution in [3.63, 3.8) is 0 Å². The van der Waals surface area contributed by atoms with Crippen LogP contribution >= 0.6 is 0 Å². The smallest absolute Gasteiger partial charge is 0.0480 e. The van der Waals surface area contributed by atoms with Gasteiger partial charge in [-0.2, -0.15) is 0 Å². The molecule has 0 radical (unpaired) electrons. The molecule has 78 valence electrons. The first-order valence-electron chi connectivity index (χ1n) is 4.97. The molecule has 0 fully saturated rings. The van der Waals surface area contributed by atoms with E-state index in [-0.39, 0.29) is 6.04 Å². The molecule has 0 saturated carbocycles. The molecule has 0 amide bonds. The minimum Gasteiger partial charge on any atom is -0.385 e. The van der Waals surface area contributed by atoms with Crippen LogP contribution in [-0.4, -0.2) is 13.7 Å². The first-order chi connectivity index (χ1) is 6.65. The lowest BCUT2D eigenvalue weighted by atomic mass is 10.00. The number of ether oxygens (including phenoxy) is 1. The molecule has 2 N–H and O–H groups in total. The van der Waals surface area contributed by atoms with Gasteiger partial charge >= 0.3 is 0 Å². The molecule has 0 saturated heterocycles. The molecule has 0 heterocycles. The van der Waals surface area contributed by atoms with Crippen molar-refractivity contribution in [1.29, 1.82) is 0 Å². The van der Waals surface area contributed by atoms with Crippen LogP contribution in [0.4, 0.5) is 0 Å². The summed E-state index contributed by atoms with van der Waals surface area (Å²) < 4.78 is 5.01. The van der Waals surface area contributed by atoms with Gasteiger partial charge in [-0.3, -0.25) is 0 Å². The molecule has 0 bridgehead atoms. The van der Waals surface area contributed by atoms with Crippen LogP contribution in [0.15, 0.2) is 18.2 Å². The summed E-state index contributed by atoms with van der Waals surface area (Å²) in [5.74, 6) is 0. The summed E-state index contributed by atoms with van der Waals surface area (Å²) in [4.78, 5) is 0. The quantitative estimate of drug-likeness (QED) is 0.796. The van der Waals surface area contributed by atoms with E-state index in [1.807, 2.05) is 0 Å². The van der Waals surface area contributed by atoms with E-state index in [4.69, 9.17) is 10.5 Å². The Morgan fingerprint density at radius 3 is 2.57 bits per heavy atom. The Morgan fingerprint density at radius 1 is 1.29 bits per heavy atom. The van der Waals surface area contributed by atoms with Gasteiger partial charge < -0.3 is 10.5 Å². The highest BCUT2D eigenvalue weighted by Crippen LogP contribution is 2.17. The monoisotopic (exact) mass is 193 g/mol. The van der Waals surface area contributed by atoms with Gasteiger partial charge in [0.25, 0.3) is 0 Å². The number of hydrogen-bond acceptors (Lipinski definition) is 2. The van der Waals surface area contributed by atoms with Gasteiger partial charge in [0, 0.05) is 19.8 Å². The maximum atomic E-state index is 6.02. The highest BCUT2D eigenvalue weighted by molar-refractivity contribution is 5.31. The Hall–Kier alpha value is -0.860. The van der Waals surface area contributed by atoms with E-state index in [2.05, 4.69) is 32.0 Å². The lowest BCUT2D eigenvalue weighted by molar-refractivity contribution is 0.188. The fourth-order valence-corrected chi connectivity index (χ4v) is 1.41. The predicted octanol–water partition coefficient (Wildman–Crippen LogP) is 2.34. The zero-order valence-corrected chi connectivity index (χ0v) is 9.21. The largest absolute Gasteiger partial charge is 0.385 e. The van der Waals surface area contributed by atoms with E-state index in [0.717, 1.165) is 6.42 Å². The molecule has 14 heavy (non-hydrogen) atoms. The number of benzene rings is 1. The third kappa shape index (κ3) is 2.82. The van der Waals surface area contributed by atoms with Crippen LogP contribution < -0.4 is 5.73 Å². The average Bonchev–Trinajstić information content (AvgIpc) is 2.18. The minimum atomic E-state index is 0.0919. The van der Waals surface area contributed by atoms with Gasteiger partial charge in [-0.05, 0) is 37.0 Å². The first kappa shape index (κ1) is 11.2. The summed E-state index contributed by atoms with van der Waals surface area (Å²) in [6.07, 6.45) is 0.874. The molecule has 1 rings (SSSR count). The Balaban J connectivity index is 2.70. The molecule has 0 aliphatic rings. The Morgan fingerprint density at radius 2 is 2.00 bits per heavy atom. The number of aryl methyl sites for hydroxylation is 2. The van der Waals surface area contributed by atoms with Crippen LogP contribution in [0.2, 0.25) is 0 Å². The van der Waals surface area contributed by atoms with Crippen molar-refractivity contribution in [2.75, 3.05) is 13.7 Å².